The minimum absolute atomic E-state index is 0.443. The molecule has 0 bridgehead atoms. The Morgan fingerprint density at radius 3 is 2.83 bits per heavy atom. The monoisotopic (exact) mass is 306 g/mol. The van der Waals surface area contributed by atoms with E-state index in [1.54, 1.807) is 0 Å². The Bertz CT molecular complexity index is 809. The van der Waals surface area contributed by atoms with Gasteiger partial charge in [0.05, 0.1) is 17.6 Å². The van der Waals surface area contributed by atoms with E-state index in [1.165, 1.54) is 17.5 Å². The molecule has 0 N–H and O–H groups in total. The molecule has 0 radical (unpaired) electrons. The van der Waals surface area contributed by atoms with E-state index < -0.39 is 0 Å². The molecule has 1 aliphatic rings. The van der Waals surface area contributed by atoms with Gasteiger partial charge in [-0.15, -0.1) is 0 Å². The number of likely N-dealkylation sites (tertiary alicyclic amines) is 1. The van der Waals surface area contributed by atoms with Crippen molar-refractivity contribution in [3.05, 3.63) is 60.2 Å². The second-order valence-electron chi connectivity index (χ2n) is 6.65. The van der Waals surface area contributed by atoms with Gasteiger partial charge in [0.15, 0.2) is 0 Å². The fourth-order valence-corrected chi connectivity index (χ4v) is 3.75. The van der Waals surface area contributed by atoms with Crippen molar-refractivity contribution < 1.29 is 0 Å². The molecule has 3 heterocycles. The molecule has 0 unspecified atom stereocenters. The van der Waals surface area contributed by atoms with Crippen molar-refractivity contribution in [2.45, 2.75) is 25.9 Å². The van der Waals surface area contributed by atoms with E-state index in [2.05, 4.69) is 58.8 Å². The molecule has 1 aliphatic heterocycles. The fourth-order valence-electron chi connectivity index (χ4n) is 3.75. The Balaban J connectivity index is 1.64. The summed E-state index contributed by atoms with van der Waals surface area (Å²) in [6.07, 6.45) is 5.04. The first kappa shape index (κ1) is 14.4. The first-order valence-electron chi connectivity index (χ1n) is 8.26. The van der Waals surface area contributed by atoms with Gasteiger partial charge < -0.3 is 4.57 Å². The van der Waals surface area contributed by atoms with E-state index in [0.717, 1.165) is 24.4 Å². The lowest BCUT2D eigenvalue weighted by atomic mass is 10.0. The summed E-state index contributed by atoms with van der Waals surface area (Å²) in [4.78, 5) is 11.7. The summed E-state index contributed by atoms with van der Waals surface area (Å²) in [6, 6.07) is 13.0. The van der Waals surface area contributed by atoms with Gasteiger partial charge in [-0.05, 0) is 36.1 Å². The van der Waals surface area contributed by atoms with Crippen LogP contribution in [0.5, 0.6) is 0 Å². The molecule has 4 heteroatoms. The Labute approximate surface area is 136 Å². The zero-order valence-corrected chi connectivity index (χ0v) is 13.7. The molecule has 4 rings (SSSR count). The van der Waals surface area contributed by atoms with Gasteiger partial charge in [0, 0.05) is 32.0 Å². The van der Waals surface area contributed by atoms with Crippen molar-refractivity contribution in [2.24, 2.45) is 13.0 Å². The topological polar surface area (TPSA) is 34.0 Å². The highest BCUT2D eigenvalue weighted by atomic mass is 15.2. The van der Waals surface area contributed by atoms with E-state index >= 15 is 0 Å². The van der Waals surface area contributed by atoms with Crippen LogP contribution in [-0.4, -0.2) is 26.0 Å². The zero-order valence-electron chi connectivity index (χ0n) is 13.7. The lowest BCUT2D eigenvalue weighted by molar-refractivity contribution is 0.237. The van der Waals surface area contributed by atoms with Gasteiger partial charge in [-0.25, -0.2) is 4.98 Å². The second-order valence-corrected chi connectivity index (χ2v) is 6.65. The summed E-state index contributed by atoms with van der Waals surface area (Å²) < 4.78 is 2.22. The van der Waals surface area contributed by atoms with Crippen molar-refractivity contribution in [3.63, 3.8) is 0 Å². The van der Waals surface area contributed by atoms with E-state index in [1.807, 2.05) is 18.5 Å². The van der Waals surface area contributed by atoms with Gasteiger partial charge in [0.2, 0.25) is 0 Å². The Morgan fingerprint density at radius 2 is 2.04 bits per heavy atom. The number of fused-ring (bicyclic) bond motifs is 1. The number of nitrogens with zero attached hydrogens (tertiary/aromatic N) is 4. The number of benzene rings is 1. The van der Waals surface area contributed by atoms with Crippen molar-refractivity contribution in [3.8, 4) is 0 Å². The number of aromatic nitrogens is 3. The van der Waals surface area contributed by atoms with Crippen molar-refractivity contribution >= 4 is 11.0 Å². The lowest BCUT2D eigenvalue weighted by Gasteiger charge is -2.24. The third-order valence-corrected chi connectivity index (χ3v) is 4.91. The van der Waals surface area contributed by atoms with Crippen molar-refractivity contribution in [2.75, 3.05) is 6.54 Å². The highest BCUT2D eigenvalue weighted by molar-refractivity contribution is 5.75. The number of para-hydroxylation sites is 2. The number of hydrogen-bond donors (Lipinski definition) is 0. The molecule has 1 aromatic carbocycles. The van der Waals surface area contributed by atoms with E-state index in [0.29, 0.717) is 12.0 Å². The summed E-state index contributed by atoms with van der Waals surface area (Å²) in [7, 11) is 2.11. The van der Waals surface area contributed by atoms with Gasteiger partial charge in [-0.3, -0.25) is 9.88 Å². The van der Waals surface area contributed by atoms with Gasteiger partial charge in [0.25, 0.3) is 0 Å². The quantitative estimate of drug-likeness (QED) is 0.742. The average Bonchev–Trinajstić information content (AvgIpc) is 3.10. The molecule has 1 saturated heterocycles. The zero-order chi connectivity index (χ0) is 15.8. The summed E-state index contributed by atoms with van der Waals surface area (Å²) in [5.74, 6) is 1.84. The lowest BCUT2D eigenvalue weighted by Crippen LogP contribution is -2.25. The molecule has 1 fully saturated rings. The molecule has 0 saturated carbocycles. The van der Waals surface area contributed by atoms with Crippen LogP contribution in [-0.2, 0) is 13.6 Å². The maximum absolute atomic E-state index is 4.83. The number of aryl methyl sites for hydroxylation is 1. The third kappa shape index (κ3) is 2.63. The molecule has 0 amide bonds. The fraction of sp³-hybridized carbons (Fsp3) is 0.368. The molecule has 0 spiro atoms. The number of pyridine rings is 1. The van der Waals surface area contributed by atoms with E-state index in [4.69, 9.17) is 4.98 Å². The standard InChI is InChI=1S/C19H22N4/c1-14-10-18(15-6-5-9-20-11-15)23(12-14)13-19-21-16-7-3-4-8-17(16)22(19)2/h3-9,11,14,18H,10,12-13H2,1-2H3/t14-,18-/m1/s1. The summed E-state index contributed by atoms with van der Waals surface area (Å²) in [6.45, 7) is 4.33. The van der Waals surface area contributed by atoms with Crippen molar-refractivity contribution in [1.82, 2.24) is 19.4 Å². The van der Waals surface area contributed by atoms with Crippen LogP contribution < -0.4 is 0 Å². The Kier molecular flexibility index (Phi) is 3.62. The summed E-state index contributed by atoms with van der Waals surface area (Å²) >= 11 is 0. The van der Waals surface area contributed by atoms with Crippen LogP contribution in [0, 0.1) is 5.92 Å². The van der Waals surface area contributed by atoms with Gasteiger partial charge in [-0.1, -0.05) is 25.1 Å². The predicted molar refractivity (Wildman–Crippen MR) is 91.9 cm³/mol. The molecule has 2 aromatic heterocycles. The Morgan fingerprint density at radius 1 is 1.17 bits per heavy atom. The molecule has 3 aromatic rings. The van der Waals surface area contributed by atoms with Gasteiger partial charge in [-0.2, -0.15) is 0 Å². The maximum atomic E-state index is 4.83. The summed E-state index contributed by atoms with van der Waals surface area (Å²) in [5, 5.41) is 0. The normalized spacial score (nSPS) is 22.0. The van der Waals surface area contributed by atoms with Crippen molar-refractivity contribution in [1.29, 1.82) is 0 Å². The van der Waals surface area contributed by atoms with Crippen LogP contribution in [0.15, 0.2) is 48.8 Å². The molecule has 0 aliphatic carbocycles. The minimum atomic E-state index is 0.443. The first-order chi connectivity index (χ1) is 11.2. The van der Waals surface area contributed by atoms with Crippen LogP contribution in [0.2, 0.25) is 0 Å². The van der Waals surface area contributed by atoms with Gasteiger partial charge >= 0.3 is 0 Å². The molecule has 118 valence electrons. The molecule has 2 atom stereocenters. The van der Waals surface area contributed by atoms with Crippen LogP contribution >= 0.6 is 0 Å². The predicted octanol–water partition coefficient (Wildman–Crippen LogP) is 3.55. The Hall–Kier alpha value is -2.20. The van der Waals surface area contributed by atoms with Crippen LogP contribution in [0.1, 0.15) is 30.8 Å². The summed E-state index contributed by atoms with van der Waals surface area (Å²) in [5.41, 5.74) is 3.60. The van der Waals surface area contributed by atoms with Gasteiger partial charge in [0.1, 0.15) is 5.82 Å². The van der Waals surface area contributed by atoms with Crippen LogP contribution in [0.25, 0.3) is 11.0 Å². The molecular formula is C19H22N4. The number of imidazole rings is 1. The maximum Gasteiger partial charge on any atom is 0.123 e. The third-order valence-electron chi connectivity index (χ3n) is 4.91. The minimum Gasteiger partial charge on any atom is -0.330 e. The largest absolute Gasteiger partial charge is 0.330 e. The highest BCUT2D eigenvalue weighted by Gasteiger charge is 2.31. The first-order valence-corrected chi connectivity index (χ1v) is 8.26. The van der Waals surface area contributed by atoms with E-state index in [-0.39, 0.29) is 0 Å². The second kappa shape index (κ2) is 5.78. The molecule has 4 nitrogen and oxygen atoms in total. The molecule has 23 heavy (non-hydrogen) atoms. The molecular weight excluding hydrogens is 284 g/mol. The van der Waals surface area contributed by atoms with Crippen LogP contribution in [0.4, 0.5) is 0 Å². The number of hydrogen-bond acceptors (Lipinski definition) is 3. The highest BCUT2D eigenvalue weighted by Crippen LogP contribution is 2.36. The van der Waals surface area contributed by atoms with Crippen LogP contribution in [0.3, 0.4) is 0 Å². The van der Waals surface area contributed by atoms with E-state index in [9.17, 15) is 0 Å². The number of rotatable bonds is 3. The average molecular weight is 306 g/mol. The SMILES string of the molecule is C[C@@H]1C[C@H](c2cccnc2)N(Cc2nc3ccccc3n2C)C1. The smallest absolute Gasteiger partial charge is 0.123 e.